The Balaban J connectivity index is 1.27. The van der Waals surface area contributed by atoms with Crippen LogP contribution in [0.1, 0.15) is 15.9 Å². The zero-order chi connectivity index (χ0) is 28.3. The van der Waals surface area contributed by atoms with Crippen LogP contribution < -0.4 is 21.3 Å². The number of aromatic nitrogens is 4. The van der Waals surface area contributed by atoms with Crippen molar-refractivity contribution in [2.45, 2.75) is 6.18 Å². The van der Waals surface area contributed by atoms with E-state index in [1.807, 2.05) is 0 Å². The van der Waals surface area contributed by atoms with Crippen LogP contribution >= 0.6 is 11.3 Å². The SMILES string of the molecule is O=C(Nc1ncc(-c2cc(C(=O)NCCN3CCNCC3)c3cn[nH]c3n2)s1)Nc1cc(C(F)(F)F)ccc1F. The van der Waals surface area contributed by atoms with Crippen LogP contribution in [-0.4, -0.2) is 76.3 Å². The smallest absolute Gasteiger partial charge is 0.351 e. The molecule has 3 aromatic heterocycles. The van der Waals surface area contributed by atoms with Crippen molar-refractivity contribution in [3.8, 4) is 10.6 Å². The van der Waals surface area contributed by atoms with Gasteiger partial charge >= 0.3 is 12.2 Å². The van der Waals surface area contributed by atoms with Crippen LogP contribution in [0.2, 0.25) is 0 Å². The lowest BCUT2D eigenvalue weighted by Gasteiger charge is -2.27. The van der Waals surface area contributed by atoms with Gasteiger partial charge in [0.15, 0.2) is 10.8 Å². The number of thiazole rings is 1. The Hall–Kier alpha value is -4.15. The number of H-pyrrole nitrogens is 1. The Labute approximate surface area is 228 Å². The highest BCUT2D eigenvalue weighted by molar-refractivity contribution is 7.19. The number of hydrogen-bond donors (Lipinski definition) is 5. The molecule has 0 aliphatic carbocycles. The topological polar surface area (TPSA) is 140 Å². The number of anilines is 2. The van der Waals surface area contributed by atoms with Crippen molar-refractivity contribution in [1.29, 1.82) is 0 Å². The van der Waals surface area contributed by atoms with Gasteiger partial charge in [-0.3, -0.25) is 20.1 Å². The molecule has 1 fully saturated rings. The molecule has 11 nitrogen and oxygen atoms in total. The molecule has 210 valence electrons. The van der Waals surface area contributed by atoms with Gasteiger partial charge in [-0.1, -0.05) is 11.3 Å². The van der Waals surface area contributed by atoms with Crippen LogP contribution in [0.15, 0.2) is 36.7 Å². The third-order valence-electron chi connectivity index (χ3n) is 6.11. The summed E-state index contributed by atoms with van der Waals surface area (Å²) in [6.45, 7) is 4.83. The molecule has 0 saturated carbocycles. The molecule has 0 bridgehead atoms. The first-order chi connectivity index (χ1) is 19.2. The first kappa shape index (κ1) is 27.4. The normalized spacial score (nSPS) is 14.3. The van der Waals surface area contributed by atoms with Crippen LogP contribution in [0, 0.1) is 5.82 Å². The van der Waals surface area contributed by atoms with Crippen LogP contribution in [0.5, 0.6) is 0 Å². The number of urea groups is 1. The molecule has 4 aromatic rings. The van der Waals surface area contributed by atoms with E-state index in [0.717, 1.165) is 44.1 Å². The number of amides is 3. The number of piperazine rings is 1. The number of aromatic amines is 1. The average Bonchev–Trinajstić information content (AvgIpc) is 3.59. The van der Waals surface area contributed by atoms with Crippen molar-refractivity contribution in [2.24, 2.45) is 0 Å². The molecule has 0 radical (unpaired) electrons. The van der Waals surface area contributed by atoms with Crippen LogP contribution in [-0.2, 0) is 6.18 Å². The van der Waals surface area contributed by atoms with E-state index >= 15 is 0 Å². The van der Waals surface area contributed by atoms with Gasteiger partial charge in [0, 0.05) is 45.5 Å². The molecule has 1 aromatic carbocycles. The summed E-state index contributed by atoms with van der Waals surface area (Å²) in [5.74, 6) is -1.32. The summed E-state index contributed by atoms with van der Waals surface area (Å²) >= 11 is 1.01. The highest BCUT2D eigenvalue weighted by Crippen LogP contribution is 2.33. The standard InChI is InChI=1S/C24H23F4N9O2S/c25-16-2-1-13(24(26,27)28)9-17(16)34-22(39)35-23-31-12-19(40-23)18-10-14(15-11-32-36-20(15)33-18)21(38)30-5-8-37-6-3-29-4-7-37/h1-2,9-12,29H,3-8H2,(H,30,38)(H,32,33,36)(H2,31,34,35,39). The highest BCUT2D eigenvalue weighted by atomic mass is 32.1. The molecule has 0 spiro atoms. The van der Waals surface area contributed by atoms with Crippen LogP contribution in [0.4, 0.5) is 33.2 Å². The summed E-state index contributed by atoms with van der Waals surface area (Å²) in [7, 11) is 0. The summed E-state index contributed by atoms with van der Waals surface area (Å²) < 4.78 is 52.8. The number of alkyl halides is 3. The van der Waals surface area contributed by atoms with Crippen molar-refractivity contribution < 1.29 is 27.2 Å². The molecule has 1 aliphatic heterocycles. The molecule has 1 aliphatic rings. The first-order valence-corrected chi connectivity index (χ1v) is 13.0. The highest BCUT2D eigenvalue weighted by Gasteiger charge is 2.31. The molecule has 5 N–H and O–H groups in total. The number of benzene rings is 1. The third-order valence-corrected chi connectivity index (χ3v) is 7.05. The lowest BCUT2D eigenvalue weighted by molar-refractivity contribution is -0.137. The average molecular weight is 578 g/mol. The fraction of sp³-hybridized carbons (Fsp3) is 0.292. The minimum Gasteiger partial charge on any atom is -0.351 e. The van der Waals surface area contributed by atoms with Gasteiger partial charge in [-0.2, -0.15) is 18.3 Å². The van der Waals surface area contributed by atoms with Crippen LogP contribution in [0.25, 0.3) is 21.6 Å². The Bertz CT molecular complexity index is 1530. The minimum absolute atomic E-state index is 0.0772. The molecule has 0 atom stereocenters. The van der Waals surface area contributed by atoms with Gasteiger partial charge in [0.1, 0.15) is 5.82 Å². The summed E-state index contributed by atoms with van der Waals surface area (Å²) in [5, 5.41) is 18.0. The van der Waals surface area contributed by atoms with Gasteiger partial charge in [0.2, 0.25) is 0 Å². The third kappa shape index (κ3) is 6.35. The first-order valence-electron chi connectivity index (χ1n) is 12.1. The number of nitrogens with zero attached hydrogens (tertiary/aromatic N) is 4. The van der Waals surface area contributed by atoms with E-state index in [9.17, 15) is 27.2 Å². The molecular formula is C24H23F4N9O2S. The number of fused-ring (bicyclic) bond motifs is 1. The predicted molar refractivity (Wildman–Crippen MR) is 141 cm³/mol. The second kappa shape index (κ2) is 11.5. The zero-order valence-electron chi connectivity index (χ0n) is 20.7. The number of pyridine rings is 1. The van der Waals surface area contributed by atoms with Gasteiger partial charge in [0.05, 0.1) is 39.0 Å². The molecule has 1 saturated heterocycles. The number of nitrogens with one attached hydrogen (secondary N) is 5. The summed E-state index contributed by atoms with van der Waals surface area (Å²) in [4.78, 5) is 36.7. The van der Waals surface area contributed by atoms with Crippen LogP contribution in [0.3, 0.4) is 0 Å². The second-order valence-corrected chi connectivity index (χ2v) is 9.87. The molecule has 5 rings (SSSR count). The lowest BCUT2D eigenvalue weighted by atomic mass is 10.1. The van der Waals surface area contributed by atoms with Gasteiger partial charge in [-0.25, -0.2) is 19.2 Å². The molecule has 3 amide bonds. The van der Waals surface area contributed by atoms with Crippen molar-refractivity contribution in [3.63, 3.8) is 0 Å². The van der Waals surface area contributed by atoms with E-state index in [0.29, 0.717) is 51.9 Å². The quantitative estimate of drug-likeness (QED) is 0.212. The fourth-order valence-corrected chi connectivity index (χ4v) is 4.87. The Kier molecular flexibility index (Phi) is 7.90. The van der Waals surface area contributed by atoms with Crippen molar-refractivity contribution in [2.75, 3.05) is 49.9 Å². The maximum atomic E-state index is 14.0. The predicted octanol–water partition coefficient (Wildman–Crippen LogP) is 3.52. The summed E-state index contributed by atoms with van der Waals surface area (Å²) in [6.07, 6.45) is -1.77. The number of carbonyl (C=O) groups excluding carboxylic acids is 2. The Morgan fingerprint density at radius 3 is 2.67 bits per heavy atom. The summed E-state index contributed by atoms with van der Waals surface area (Å²) in [5.41, 5.74) is -0.619. The largest absolute Gasteiger partial charge is 0.416 e. The van der Waals surface area contributed by atoms with Crippen molar-refractivity contribution in [3.05, 3.63) is 53.6 Å². The maximum absolute atomic E-state index is 14.0. The van der Waals surface area contributed by atoms with E-state index in [-0.39, 0.29) is 11.0 Å². The number of halogens is 4. The Morgan fingerprint density at radius 2 is 1.90 bits per heavy atom. The Morgan fingerprint density at radius 1 is 1.10 bits per heavy atom. The van der Waals surface area contributed by atoms with Gasteiger partial charge in [-0.05, 0) is 24.3 Å². The summed E-state index contributed by atoms with van der Waals surface area (Å²) in [6, 6.07) is 2.31. The molecule has 16 heteroatoms. The zero-order valence-corrected chi connectivity index (χ0v) is 21.5. The van der Waals surface area contributed by atoms with E-state index in [1.165, 1.54) is 12.4 Å². The number of rotatable bonds is 7. The molecule has 0 unspecified atom stereocenters. The number of hydrogen-bond acceptors (Lipinski definition) is 8. The number of carbonyl (C=O) groups is 2. The van der Waals surface area contributed by atoms with Crippen molar-refractivity contribution >= 4 is 45.1 Å². The van der Waals surface area contributed by atoms with E-state index in [1.54, 1.807) is 6.07 Å². The van der Waals surface area contributed by atoms with Crippen molar-refractivity contribution in [1.82, 2.24) is 35.7 Å². The second-order valence-electron chi connectivity index (χ2n) is 8.84. The van der Waals surface area contributed by atoms with Gasteiger partial charge < -0.3 is 16.0 Å². The fourth-order valence-electron chi connectivity index (χ4n) is 4.10. The van der Waals surface area contributed by atoms with E-state index in [4.69, 9.17) is 0 Å². The van der Waals surface area contributed by atoms with Gasteiger partial charge in [-0.15, -0.1) is 0 Å². The minimum atomic E-state index is -4.70. The molecule has 4 heterocycles. The molecule has 40 heavy (non-hydrogen) atoms. The van der Waals surface area contributed by atoms with E-state index in [2.05, 4.69) is 46.3 Å². The maximum Gasteiger partial charge on any atom is 0.416 e. The van der Waals surface area contributed by atoms with E-state index < -0.39 is 29.3 Å². The molecular weight excluding hydrogens is 554 g/mol. The lowest BCUT2D eigenvalue weighted by Crippen LogP contribution is -2.46. The van der Waals surface area contributed by atoms with Gasteiger partial charge in [0.25, 0.3) is 5.91 Å². The monoisotopic (exact) mass is 577 g/mol.